The van der Waals surface area contributed by atoms with Crippen LogP contribution in [-0.4, -0.2) is 18.9 Å². The summed E-state index contributed by atoms with van der Waals surface area (Å²) in [4.78, 5) is 4.49. The fourth-order valence-corrected chi connectivity index (χ4v) is 3.45. The highest BCUT2D eigenvalue weighted by atomic mass is 35.5. The lowest BCUT2D eigenvalue weighted by Crippen LogP contribution is -2.05. The van der Waals surface area contributed by atoms with Gasteiger partial charge in [0.05, 0.1) is 0 Å². The number of hydrogen-bond donors (Lipinski definition) is 0. The van der Waals surface area contributed by atoms with E-state index in [0.29, 0.717) is 23.9 Å². The van der Waals surface area contributed by atoms with Crippen molar-refractivity contribution in [1.82, 2.24) is 4.98 Å². The Morgan fingerprint density at radius 1 is 0.897 bits per heavy atom. The summed E-state index contributed by atoms with van der Waals surface area (Å²) in [5.41, 5.74) is 6.82. The summed E-state index contributed by atoms with van der Waals surface area (Å²) in [6, 6.07) is 16.1. The van der Waals surface area contributed by atoms with Gasteiger partial charge in [-0.2, -0.15) is 0 Å². The van der Waals surface area contributed by atoms with Crippen LogP contribution in [0.25, 0.3) is 0 Å². The predicted octanol–water partition coefficient (Wildman–Crippen LogP) is 5.81. The molecule has 2 aromatic carbocycles. The minimum Gasteiger partial charge on any atom is -0.489 e. The van der Waals surface area contributed by atoms with Crippen LogP contribution in [0, 0.1) is 20.8 Å². The van der Waals surface area contributed by atoms with Gasteiger partial charge in [-0.1, -0.05) is 41.9 Å². The first-order chi connectivity index (χ1) is 14.0. The highest BCUT2D eigenvalue weighted by Crippen LogP contribution is 2.30. The van der Waals surface area contributed by atoms with Gasteiger partial charge in [0.15, 0.2) is 17.7 Å². The Labute approximate surface area is 177 Å². The molecule has 0 unspecified atom stereocenters. The number of hydrogen-bond acceptors (Lipinski definition) is 4. The monoisotopic (exact) mass is 411 g/mol. The number of nitrogens with zero attached hydrogens (tertiary/aromatic N) is 1. The maximum absolute atomic E-state index is 6.26. The Balaban J connectivity index is 1.78. The standard InChI is InChI=1S/C24H26ClNO3/c1-16-12-23(28-14-19-8-6-5-7-9-19)18(3)17(2)21(16)13-20-10-11-22(24(25)26-20)29-15-27-4/h5-12H,13-15H2,1-4H3. The minimum atomic E-state index is 0.141. The number of halogens is 1. The first-order valence-electron chi connectivity index (χ1n) is 9.53. The van der Waals surface area contributed by atoms with Gasteiger partial charge in [0.2, 0.25) is 0 Å². The fraction of sp³-hybridized carbons (Fsp3) is 0.292. The lowest BCUT2D eigenvalue weighted by Gasteiger charge is -2.18. The summed E-state index contributed by atoms with van der Waals surface area (Å²) in [5.74, 6) is 1.44. The maximum atomic E-state index is 6.26. The van der Waals surface area contributed by atoms with Crippen molar-refractivity contribution >= 4 is 11.6 Å². The van der Waals surface area contributed by atoms with Crippen LogP contribution in [0.4, 0.5) is 0 Å². The van der Waals surface area contributed by atoms with Crippen LogP contribution in [0.2, 0.25) is 5.15 Å². The van der Waals surface area contributed by atoms with Gasteiger partial charge in [0, 0.05) is 19.2 Å². The van der Waals surface area contributed by atoms with Gasteiger partial charge in [0.25, 0.3) is 0 Å². The van der Waals surface area contributed by atoms with Crippen LogP contribution in [0.1, 0.15) is 33.5 Å². The molecule has 0 fully saturated rings. The molecular formula is C24H26ClNO3. The lowest BCUT2D eigenvalue weighted by atomic mass is 9.94. The summed E-state index contributed by atoms with van der Waals surface area (Å²) >= 11 is 6.26. The molecular weight excluding hydrogens is 386 g/mol. The number of ether oxygens (including phenoxy) is 3. The van der Waals surface area contributed by atoms with E-state index in [2.05, 4.69) is 44.0 Å². The third kappa shape index (κ3) is 5.28. The van der Waals surface area contributed by atoms with Crippen molar-refractivity contribution in [3.8, 4) is 11.5 Å². The van der Waals surface area contributed by atoms with E-state index < -0.39 is 0 Å². The van der Waals surface area contributed by atoms with Crippen molar-refractivity contribution in [1.29, 1.82) is 0 Å². The van der Waals surface area contributed by atoms with Gasteiger partial charge in [-0.3, -0.25) is 0 Å². The third-order valence-corrected chi connectivity index (χ3v) is 5.28. The van der Waals surface area contributed by atoms with Gasteiger partial charge >= 0.3 is 0 Å². The van der Waals surface area contributed by atoms with Gasteiger partial charge in [-0.05, 0) is 66.8 Å². The molecule has 0 aliphatic carbocycles. The molecule has 0 saturated heterocycles. The average molecular weight is 412 g/mol. The molecule has 0 saturated carbocycles. The Hall–Kier alpha value is -2.56. The van der Waals surface area contributed by atoms with E-state index in [1.807, 2.05) is 30.3 Å². The summed E-state index contributed by atoms with van der Waals surface area (Å²) in [5, 5.41) is 0.342. The Kier molecular flexibility index (Phi) is 7.13. The molecule has 0 bridgehead atoms. The highest BCUT2D eigenvalue weighted by Gasteiger charge is 2.14. The van der Waals surface area contributed by atoms with Crippen molar-refractivity contribution in [2.24, 2.45) is 0 Å². The zero-order chi connectivity index (χ0) is 20.8. The van der Waals surface area contributed by atoms with Crippen molar-refractivity contribution < 1.29 is 14.2 Å². The van der Waals surface area contributed by atoms with Gasteiger partial charge in [0.1, 0.15) is 12.4 Å². The van der Waals surface area contributed by atoms with Gasteiger partial charge < -0.3 is 14.2 Å². The average Bonchev–Trinajstić information content (AvgIpc) is 2.73. The summed E-state index contributed by atoms with van der Waals surface area (Å²) in [6.07, 6.45) is 0.696. The second kappa shape index (κ2) is 9.77. The maximum Gasteiger partial charge on any atom is 0.188 e. The fourth-order valence-electron chi connectivity index (χ4n) is 3.22. The number of benzene rings is 2. The summed E-state index contributed by atoms with van der Waals surface area (Å²) < 4.78 is 16.4. The summed E-state index contributed by atoms with van der Waals surface area (Å²) in [7, 11) is 1.57. The van der Waals surface area contributed by atoms with E-state index in [0.717, 1.165) is 22.6 Å². The van der Waals surface area contributed by atoms with Crippen molar-refractivity contribution in [3.63, 3.8) is 0 Å². The molecule has 0 aliphatic heterocycles. The number of methoxy groups -OCH3 is 1. The molecule has 0 radical (unpaired) electrons. The van der Waals surface area contributed by atoms with Gasteiger partial charge in [-0.15, -0.1) is 0 Å². The molecule has 5 heteroatoms. The molecule has 3 rings (SSSR count). The normalized spacial score (nSPS) is 10.8. The third-order valence-electron chi connectivity index (χ3n) is 5.01. The van der Waals surface area contributed by atoms with E-state index in [1.165, 1.54) is 16.7 Å². The molecule has 0 aliphatic rings. The van der Waals surface area contributed by atoms with Crippen molar-refractivity contribution in [2.75, 3.05) is 13.9 Å². The molecule has 152 valence electrons. The molecule has 0 spiro atoms. The van der Waals surface area contributed by atoms with Crippen LogP contribution in [-0.2, 0) is 17.8 Å². The van der Waals surface area contributed by atoms with Crippen LogP contribution in [0.3, 0.4) is 0 Å². The van der Waals surface area contributed by atoms with E-state index >= 15 is 0 Å². The topological polar surface area (TPSA) is 40.6 Å². The summed E-state index contributed by atoms with van der Waals surface area (Å²) in [6.45, 7) is 7.03. The molecule has 1 aromatic heterocycles. The van der Waals surface area contributed by atoms with Crippen molar-refractivity contribution in [2.45, 2.75) is 33.8 Å². The largest absolute Gasteiger partial charge is 0.489 e. The zero-order valence-corrected chi connectivity index (χ0v) is 18.0. The molecule has 0 atom stereocenters. The van der Waals surface area contributed by atoms with Crippen LogP contribution in [0.5, 0.6) is 11.5 Å². The first-order valence-corrected chi connectivity index (χ1v) is 9.91. The zero-order valence-electron chi connectivity index (χ0n) is 17.3. The number of pyridine rings is 1. The molecule has 1 heterocycles. The van der Waals surface area contributed by atoms with Crippen LogP contribution < -0.4 is 9.47 Å². The number of rotatable bonds is 8. The molecule has 29 heavy (non-hydrogen) atoms. The molecule has 0 N–H and O–H groups in total. The molecule has 4 nitrogen and oxygen atoms in total. The number of aromatic nitrogens is 1. The van der Waals surface area contributed by atoms with E-state index in [4.69, 9.17) is 25.8 Å². The Morgan fingerprint density at radius 3 is 2.34 bits per heavy atom. The van der Waals surface area contributed by atoms with Crippen LogP contribution >= 0.6 is 11.6 Å². The second-order valence-corrected chi connectivity index (χ2v) is 7.37. The van der Waals surface area contributed by atoms with E-state index in [9.17, 15) is 0 Å². The Bertz CT molecular complexity index is 974. The molecule has 3 aromatic rings. The second-order valence-electron chi connectivity index (χ2n) is 7.01. The highest BCUT2D eigenvalue weighted by molar-refractivity contribution is 6.30. The predicted molar refractivity (Wildman–Crippen MR) is 116 cm³/mol. The van der Waals surface area contributed by atoms with Crippen LogP contribution in [0.15, 0.2) is 48.5 Å². The smallest absolute Gasteiger partial charge is 0.188 e. The Morgan fingerprint density at radius 2 is 1.66 bits per heavy atom. The quantitative estimate of drug-likeness (QED) is 0.346. The SMILES string of the molecule is COCOc1ccc(Cc2c(C)cc(OCc3ccccc3)c(C)c2C)nc1Cl. The van der Waals surface area contributed by atoms with Crippen molar-refractivity contribution in [3.05, 3.63) is 87.2 Å². The van der Waals surface area contributed by atoms with E-state index in [1.54, 1.807) is 7.11 Å². The van der Waals surface area contributed by atoms with E-state index in [-0.39, 0.29) is 6.79 Å². The number of aryl methyl sites for hydroxylation is 1. The molecule has 0 amide bonds. The lowest BCUT2D eigenvalue weighted by molar-refractivity contribution is 0.0509. The minimum absolute atomic E-state index is 0.141. The van der Waals surface area contributed by atoms with Gasteiger partial charge in [-0.25, -0.2) is 4.98 Å². The first kappa shape index (κ1) is 21.2.